The van der Waals surface area contributed by atoms with Crippen LogP contribution in [0.1, 0.15) is 17.2 Å². The van der Waals surface area contributed by atoms with Crippen LogP contribution in [0.2, 0.25) is 0 Å². The smallest absolute Gasteiger partial charge is 0.126 e. The first-order chi connectivity index (χ1) is 9.52. The standard InChI is InChI=1S/C16H18F2N2/c1-11-5-3-4-6-15(11)20(2)16(10-19)12-7-13(17)9-14(18)8-12/h3-9,16H,10,19H2,1-2H3. The van der Waals surface area contributed by atoms with Gasteiger partial charge in [-0.15, -0.1) is 0 Å². The van der Waals surface area contributed by atoms with Crippen LogP contribution in [0.25, 0.3) is 0 Å². The fourth-order valence-electron chi connectivity index (χ4n) is 2.41. The Balaban J connectivity index is 2.39. The first-order valence-electron chi connectivity index (χ1n) is 6.47. The Labute approximate surface area is 117 Å². The summed E-state index contributed by atoms with van der Waals surface area (Å²) in [6.07, 6.45) is 0. The van der Waals surface area contributed by atoms with E-state index in [9.17, 15) is 8.78 Å². The van der Waals surface area contributed by atoms with Crippen LogP contribution in [0.15, 0.2) is 42.5 Å². The lowest BCUT2D eigenvalue weighted by Crippen LogP contribution is -2.31. The lowest BCUT2D eigenvalue weighted by Gasteiger charge is -2.30. The summed E-state index contributed by atoms with van der Waals surface area (Å²) in [4.78, 5) is 1.95. The van der Waals surface area contributed by atoms with E-state index in [0.29, 0.717) is 5.56 Å². The van der Waals surface area contributed by atoms with E-state index in [1.807, 2.05) is 43.1 Å². The molecule has 0 saturated carbocycles. The molecular formula is C16H18F2N2. The molecule has 0 aliphatic heterocycles. The molecular weight excluding hydrogens is 258 g/mol. The molecule has 0 heterocycles. The summed E-state index contributed by atoms with van der Waals surface area (Å²) >= 11 is 0. The van der Waals surface area contributed by atoms with E-state index in [4.69, 9.17) is 5.73 Å². The van der Waals surface area contributed by atoms with Crippen molar-refractivity contribution in [3.05, 3.63) is 65.2 Å². The fourth-order valence-corrected chi connectivity index (χ4v) is 2.41. The van der Waals surface area contributed by atoms with Gasteiger partial charge in [0.1, 0.15) is 11.6 Å². The maximum absolute atomic E-state index is 13.4. The predicted octanol–water partition coefficient (Wildman–Crippen LogP) is 3.41. The van der Waals surface area contributed by atoms with E-state index in [-0.39, 0.29) is 12.6 Å². The summed E-state index contributed by atoms with van der Waals surface area (Å²) in [5.74, 6) is -1.17. The Morgan fingerprint density at radius 1 is 1.10 bits per heavy atom. The van der Waals surface area contributed by atoms with Crippen LogP contribution < -0.4 is 10.6 Å². The van der Waals surface area contributed by atoms with Gasteiger partial charge >= 0.3 is 0 Å². The molecule has 0 saturated heterocycles. The van der Waals surface area contributed by atoms with Gasteiger partial charge in [-0.2, -0.15) is 0 Å². The molecule has 106 valence electrons. The summed E-state index contributed by atoms with van der Waals surface area (Å²) in [7, 11) is 1.88. The molecule has 0 amide bonds. The number of aryl methyl sites for hydroxylation is 1. The van der Waals surface area contributed by atoms with Gasteiger partial charge in [0, 0.05) is 25.3 Å². The van der Waals surface area contributed by atoms with Crippen LogP contribution in [0.4, 0.5) is 14.5 Å². The zero-order valence-electron chi connectivity index (χ0n) is 11.6. The number of likely N-dealkylation sites (N-methyl/N-ethyl adjacent to an activating group) is 1. The van der Waals surface area contributed by atoms with Crippen LogP contribution in [0.5, 0.6) is 0 Å². The molecule has 0 bridgehead atoms. The number of hydrogen-bond acceptors (Lipinski definition) is 2. The van der Waals surface area contributed by atoms with Gasteiger partial charge in [-0.1, -0.05) is 18.2 Å². The molecule has 0 aromatic heterocycles. The Morgan fingerprint density at radius 3 is 2.25 bits per heavy atom. The number of hydrogen-bond donors (Lipinski definition) is 1. The van der Waals surface area contributed by atoms with Gasteiger partial charge in [-0.25, -0.2) is 8.78 Å². The normalized spacial score (nSPS) is 12.2. The van der Waals surface area contributed by atoms with Crippen molar-refractivity contribution in [2.75, 3.05) is 18.5 Å². The predicted molar refractivity (Wildman–Crippen MR) is 77.7 cm³/mol. The third-order valence-corrected chi connectivity index (χ3v) is 3.46. The minimum Gasteiger partial charge on any atom is -0.366 e. The molecule has 2 aromatic carbocycles. The molecule has 0 radical (unpaired) electrons. The van der Waals surface area contributed by atoms with E-state index in [1.165, 1.54) is 12.1 Å². The van der Waals surface area contributed by atoms with Crippen molar-refractivity contribution in [3.63, 3.8) is 0 Å². The van der Waals surface area contributed by atoms with Gasteiger partial charge in [-0.05, 0) is 36.2 Å². The zero-order chi connectivity index (χ0) is 14.7. The van der Waals surface area contributed by atoms with Crippen molar-refractivity contribution >= 4 is 5.69 Å². The maximum Gasteiger partial charge on any atom is 0.126 e. The summed E-state index contributed by atoms with van der Waals surface area (Å²) in [5, 5.41) is 0. The molecule has 2 N–H and O–H groups in total. The molecule has 2 rings (SSSR count). The van der Waals surface area contributed by atoms with Crippen molar-refractivity contribution in [3.8, 4) is 0 Å². The lowest BCUT2D eigenvalue weighted by molar-refractivity contribution is 0.570. The summed E-state index contributed by atoms with van der Waals surface area (Å²) in [6.45, 7) is 2.26. The van der Waals surface area contributed by atoms with E-state index < -0.39 is 11.6 Å². The van der Waals surface area contributed by atoms with E-state index in [1.54, 1.807) is 0 Å². The molecule has 0 fully saturated rings. The van der Waals surface area contributed by atoms with Gasteiger partial charge in [0.25, 0.3) is 0 Å². The Bertz CT molecular complexity index is 579. The summed E-state index contributed by atoms with van der Waals surface area (Å²) in [6, 6.07) is 11.1. The third-order valence-electron chi connectivity index (χ3n) is 3.46. The Hall–Kier alpha value is -1.94. The molecule has 20 heavy (non-hydrogen) atoms. The number of rotatable bonds is 4. The quantitative estimate of drug-likeness (QED) is 0.927. The first-order valence-corrected chi connectivity index (χ1v) is 6.47. The second-order valence-corrected chi connectivity index (χ2v) is 4.85. The van der Waals surface area contributed by atoms with Crippen molar-refractivity contribution in [2.24, 2.45) is 5.73 Å². The number of benzene rings is 2. The van der Waals surface area contributed by atoms with Crippen molar-refractivity contribution in [2.45, 2.75) is 13.0 Å². The highest BCUT2D eigenvalue weighted by Crippen LogP contribution is 2.28. The van der Waals surface area contributed by atoms with E-state index >= 15 is 0 Å². The second-order valence-electron chi connectivity index (χ2n) is 4.85. The van der Waals surface area contributed by atoms with Crippen molar-refractivity contribution in [1.82, 2.24) is 0 Å². The molecule has 0 aliphatic rings. The molecule has 2 nitrogen and oxygen atoms in total. The molecule has 0 aliphatic carbocycles. The number of nitrogens with two attached hydrogens (primary N) is 1. The average Bonchev–Trinajstić information content (AvgIpc) is 2.38. The van der Waals surface area contributed by atoms with Gasteiger partial charge in [0.05, 0.1) is 6.04 Å². The molecule has 1 atom stereocenters. The summed E-state index contributed by atoms with van der Waals surface area (Å²) in [5.41, 5.74) is 8.43. The number of nitrogens with zero attached hydrogens (tertiary/aromatic N) is 1. The number of para-hydroxylation sites is 1. The topological polar surface area (TPSA) is 29.3 Å². The first kappa shape index (κ1) is 14.5. The van der Waals surface area contributed by atoms with Crippen LogP contribution in [-0.2, 0) is 0 Å². The van der Waals surface area contributed by atoms with Crippen LogP contribution in [0.3, 0.4) is 0 Å². The van der Waals surface area contributed by atoms with Crippen molar-refractivity contribution < 1.29 is 8.78 Å². The average molecular weight is 276 g/mol. The van der Waals surface area contributed by atoms with Crippen molar-refractivity contribution in [1.29, 1.82) is 0 Å². The van der Waals surface area contributed by atoms with E-state index in [0.717, 1.165) is 17.3 Å². The highest BCUT2D eigenvalue weighted by atomic mass is 19.1. The maximum atomic E-state index is 13.4. The SMILES string of the molecule is Cc1ccccc1N(C)C(CN)c1cc(F)cc(F)c1. The van der Waals surface area contributed by atoms with Crippen LogP contribution >= 0.6 is 0 Å². The highest BCUT2D eigenvalue weighted by Gasteiger charge is 2.18. The van der Waals surface area contributed by atoms with Crippen LogP contribution in [-0.4, -0.2) is 13.6 Å². The number of anilines is 1. The minimum atomic E-state index is -0.586. The number of halogens is 2. The lowest BCUT2D eigenvalue weighted by atomic mass is 10.0. The van der Waals surface area contributed by atoms with E-state index in [2.05, 4.69) is 0 Å². The molecule has 2 aromatic rings. The second kappa shape index (κ2) is 6.01. The third kappa shape index (κ3) is 2.96. The Kier molecular flexibility index (Phi) is 4.35. The van der Waals surface area contributed by atoms with Crippen LogP contribution in [0, 0.1) is 18.6 Å². The minimum absolute atomic E-state index is 0.272. The molecule has 0 spiro atoms. The molecule has 4 heteroatoms. The summed E-state index contributed by atoms with van der Waals surface area (Å²) < 4.78 is 26.7. The molecule has 1 unspecified atom stereocenters. The fraction of sp³-hybridized carbons (Fsp3) is 0.250. The van der Waals surface area contributed by atoms with Gasteiger partial charge < -0.3 is 10.6 Å². The highest BCUT2D eigenvalue weighted by molar-refractivity contribution is 5.54. The van der Waals surface area contributed by atoms with Gasteiger partial charge in [-0.3, -0.25) is 0 Å². The largest absolute Gasteiger partial charge is 0.366 e. The van der Waals surface area contributed by atoms with Gasteiger partial charge in [0.15, 0.2) is 0 Å². The van der Waals surface area contributed by atoms with Gasteiger partial charge in [0.2, 0.25) is 0 Å². The Morgan fingerprint density at radius 2 is 1.70 bits per heavy atom. The monoisotopic (exact) mass is 276 g/mol. The zero-order valence-corrected chi connectivity index (χ0v) is 11.6.